The third-order valence-corrected chi connectivity index (χ3v) is 4.75. The monoisotopic (exact) mass is 328 g/mol. The minimum Gasteiger partial charge on any atom is -0.398 e. The second-order valence-corrected chi connectivity index (χ2v) is 6.78. The summed E-state index contributed by atoms with van der Waals surface area (Å²) in [4.78, 5) is 0.115. The van der Waals surface area contributed by atoms with Crippen LogP contribution in [0.1, 0.15) is 5.69 Å². The lowest BCUT2D eigenvalue weighted by Gasteiger charge is -2.13. The lowest BCUT2D eigenvalue weighted by atomic mass is 10.0. The van der Waals surface area contributed by atoms with Crippen molar-refractivity contribution in [1.29, 1.82) is 0 Å². The number of H-pyrrole nitrogens is 1. The molecule has 6 nitrogen and oxygen atoms in total. The van der Waals surface area contributed by atoms with E-state index >= 15 is 0 Å². The molecule has 0 bridgehead atoms. The molecule has 118 valence electrons. The number of aromatic nitrogens is 2. The molecule has 23 heavy (non-hydrogen) atoms. The summed E-state index contributed by atoms with van der Waals surface area (Å²) >= 11 is 0. The number of aryl methyl sites for hydroxylation is 1. The van der Waals surface area contributed by atoms with E-state index in [1.165, 1.54) is 6.07 Å². The van der Waals surface area contributed by atoms with E-state index < -0.39 is 10.0 Å². The van der Waals surface area contributed by atoms with Crippen LogP contribution in [0.15, 0.2) is 59.5 Å². The number of benzene rings is 2. The normalized spacial score (nSPS) is 11.3. The first-order chi connectivity index (χ1) is 11.0. The average Bonchev–Trinajstić information content (AvgIpc) is 2.92. The van der Waals surface area contributed by atoms with Crippen molar-refractivity contribution in [3.8, 4) is 11.1 Å². The molecule has 1 aromatic heterocycles. The van der Waals surface area contributed by atoms with E-state index in [9.17, 15) is 8.42 Å². The molecule has 0 aliphatic rings. The number of nitrogens with two attached hydrogens (primary N) is 1. The van der Waals surface area contributed by atoms with Gasteiger partial charge in [-0.15, -0.1) is 0 Å². The first kappa shape index (κ1) is 15.1. The summed E-state index contributed by atoms with van der Waals surface area (Å²) in [6, 6.07) is 15.6. The Morgan fingerprint density at radius 1 is 1.09 bits per heavy atom. The zero-order valence-corrected chi connectivity index (χ0v) is 13.3. The SMILES string of the molecule is Cc1cc(NS(=O)(=O)c2cccc(N)c2-c2ccccc2)n[nH]1. The fourth-order valence-electron chi connectivity index (χ4n) is 2.35. The maximum absolute atomic E-state index is 12.7. The van der Waals surface area contributed by atoms with Crippen LogP contribution in [-0.4, -0.2) is 18.6 Å². The van der Waals surface area contributed by atoms with Crippen LogP contribution in [0.25, 0.3) is 11.1 Å². The molecule has 3 aromatic rings. The Labute approximate surface area is 134 Å². The van der Waals surface area contributed by atoms with Crippen LogP contribution in [0.2, 0.25) is 0 Å². The van der Waals surface area contributed by atoms with Gasteiger partial charge in [-0.1, -0.05) is 36.4 Å². The minimum absolute atomic E-state index is 0.115. The molecule has 0 aliphatic carbocycles. The molecule has 0 saturated heterocycles. The molecule has 0 aliphatic heterocycles. The summed E-state index contributed by atoms with van der Waals surface area (Å²) in [5.41, 5.74) is 8.42. The van der Waals surface area contributed by atoms with E-state index in [0.29, 0.717) is 11.3 Å². The predicted molar refractivity (Wildman–Crippen MR) is 90.4 cm³/mol. The van der Waals surface area contributed by atoms with Gasteiger partial charge in [0, 0.05) is 23.0 Å². The fraction of sp³-hybridized carbons (Fsp3) is 0.0625. The quantitative estimate of drug-likeness (QED) is 0.641. The standard InChI is InChI=1S/C16H16N4O2S/c1-11-10-15(19-18-11)20-23(21,22)14-9-5-8-13(17)16(14)12-6-3-2-4-7-12/h2-10H,17H2,1H3,(H2,18,19,20). The van der Waals surface area contributed by atoms with E-state index in [1.807, 2.05) is 30.3 Å². The highest BCUT2D eigenvalue weighted by Gasteiger charge is 2.22. The van der Waals surface area contributed by atoms with E-state index in [0.717, 1.165) is 11.3 Å². The number of nitrogens with zero attached hydrogens (tertiary/aromatic N) is 1. The molecular weight excluding hydrogens is 312 g/mol. The number of aromatic amines is 1. The molecule has 0 amide bonds. The van der Waals surface area contributed by atoms with Crippen LogP contribution >= 0.6 is 0 Å². The summed E-state index contributed by atoms with van der Waals surface area (Å²) in [5.74, 6) is 0.240. The average molecular weight is 328 g/mol. The second kappa shape index (κ2) is 5.77. The highest BCUT2D eigenvalue weighted by Crippen LogP contribution is 2.33. The maximum atomic E-state index is 12.7. The van der Waals surface area contributed by atoms with Crippen LogP contribution in [0.5, 0.6) is 0 Å². The lowest BCUT2D eigenvalue weighted by Crippen LogP contribution is -2.15. The summed E-state index contributed by atoms with van der Waals surface area (Å²) in [6.45, 7) is 1.79. The Balaban J connectivity index is 2.11. The maximum Gasteiger partial charge on any atom is 0.263 e. The summed E-state index contributed by atoms with van der Waals surface area (Å²) in [7, 11) is -3.81. The molecule has 0 spiro atoms. The molecule has 0 radical (unpaired) electrons. The van der Waals surface area contributed by atoms with Crippen LogP contribution in [-0.2, 0) is 10.0 Å². The highest BCUT2D eigenvalue weighted by atomic mass is 32.2. The minimum atomic E-state index is -3.81. The number of nitrogens with one attached hydrogen (secondary N) is 2. The smallest absolute Gasteiger partial charge is 0.263 e. The number of hydrogen-bond donors (Lipinski definition) is 3. The number of hydrogen-bond acceptors (Lipinski definition) is 4. The third-order valence-electron chi connectivity index (χ3n) is 3.36. The molecule has 7 heteroatoms. The molecule has 0 saturated carbocycles. The third kappa shape index (κ3) is 3.04. The van der Waals surface area contributed by atoms with Gasteiger partial charge in [0.1, 0.15) is 0 Å². The fourth-order valence-corrected chi connectivity index (χ4v) is 3.60. The van der Waals surface area contributed by atoms with Crippen molar-refractivity contribution >= 4 is 21.5 Å². The molecule has 3 rings (SSSR count). The molecule has 0 fully saturated rings. The first-order valence-corrected chi connectivity index (χ1v) is 8.44. The molecule has 1 heterocycles. The topological polar surface area (TPSA) is 101 Å². The summed E-state index contributed by atoms with van der Waals surface area (Å²) in [5, 5.41) is 6.60. The van der Waals surface area contributed by atoms with Gasteiger partial charge in [0.05, 0.1) is 4.90 Å². The van der Waals surface area contributed by atoms with E-state index in [1.54, 1.807) is 25.1 Å². The van der Waals surface area contributed by atoms with Gasteiger partial charge in [-0.2, -0.15) is 5.10 Å². The number of rotatable bonds is 4. The van der Waals surface area contributed by atoms with Crippen molar-refractivity contribution in [2.24, 2.45) is 0 Å². The number of nitrogen functional groups attached to an aromatic ring is 1. The molecule has 2 aromatic carbocycles. The Morgan fingerprint density at radius 2 is 1.83 bits per heavy atom. The molecule has 0 unspecified atom stereocenters. The van der Waals surface area contributed by atoms with Crippen LogP contribution in [0.3, 0.4) is 0 Å². The molecule has 4 N–H and O–H groups in total. The van der Waals surface area contributed by atoms with Gasteiger partial charge in [0.2, 0.25) is 0 Å². The van der Waals surface area contributed by atoms with Gasteiger partial charge in [0.15, 0.2) is 5.82 Å². The number of sulfonamides is 1. The lowest BCUT2D eigenvalue weighted by molar-refractivity contribution is 0.601. The van der Waals surface area contributed by atoms with Crippen molar-refractivity contribution in [3.05, 3.63) is 60.3 Å². The Hall–Kier alpha value is -2.80. The van der Waals surface area contributed by atoms with E-state index in [-0.39, 0.29) is 10.7 Å². The second-order valence-electron chi connectivity index (χ2n) is 5.13. The van der Waals surface area contributed by atoms with Crippen molar-refractivity contribution in [2.45, 2.75) is 11.8 Å². The van der Waals surface area contributed by atoms with Gasteiger partial charge in [-0.25, -0.2) is 8.42 Å². The van der Waals surface area contributed by atoms with Crippen molar-refractivity contribution < 1.29 is 8.42 Å². The molecule has 0 atom stereocenters. The van der Waals surface area contributed by atoms with Crippen LogP contribution in [0, 0.1) is 6.92 Å². The van der Waals surface area contributed by atoms with Gasteiger partial charge in [-0.05, 0) is 24.6 Å². The summed E-state index contributed by atoms with van der Waals surface area (Å²) in [6.07, 6.45) is 0. The largest absolute Gasteiger partial charge is 0.398 e. The zero-order chi connectivity index (χ0) is 16.4. The Kier molecular flexibility index (Phi) is 3.79. The van der Waals surface area contributed by atoms with E-state index in [4.69, 9.17) is 5.73 Å². The van der Waals surface area contributed by atoms with E-state index in [2.05, 4.69) is 14.9 Å². The first-order valence-electron chi connectivity index (χ1n) is 6.96. The number of anilines is 2. The van der Waals surface area contributed by atoms with Gasteiger partial charge in [0.25, 0.3) is 10.0 Å². The van der Waals surface area contributed by atoms with Crippen molar-refractivity contribution in [1.82, 2.24) is 10.2 Å². The highest BCUT2D eigenvalue weighted by molar-refractivity contribution is 7.92. The van der Waals surface area contributed by atoms with Gasteiger partial charge < -0.3 is 5.73 Å². The van der Waals surface area contributed by atoms with Gasteiger partial charge >= 0.3 is 0 Å². The van der Waals surface area contributed by atoms with Crippen molar-refractivity contribution in [2.75, 3.05) is 10.5 Å². The molecular formula is C16H16N4O2S. The van der Waals surface area contributed by atoms with Crippen molar-refractivity contribution in [3.63, 3.8) is 0 Å². The zero-order valence-electron chi connectivity index (χ0n) is 12.4. The van der Waals surface area contributed by atoms with Crippen LogP contribution in [0.4, 0.5) is 11.5 Å². The Bertz CT molecular complexity index is 934. The Morgan fingerprint density at radius 3 is 2.48 bits per heavy atom. The van der Waals surface area contributed by atoms with Gasteiger partial charge in [-0.3, -0.25) is 9.82 Å². The predicted octanol–water partition coefficient (Wildman–Crippen LogP) is 2.77. The van der Waals surface area contributed by atoms with Crippen LogP contribution < -0.4 is 10.5 Å². The summed E-state index contributed by atoms with van der Waals surface area (Å²) < 4.78 is 27.9.